The molecular formula is C14H22N2O3. The van der Waals surface area contributed by atoms with E-state index in [2.05, 4.69) is 28.9 Å². The van der Waals surface area contributed by atoms with E-state index in [1.54, 1.807) is 12.1 Å². The van der Waals surface area contributed by atoms with Crippen LogP contribution in [0.5, 0.6) is 0 Å². The number of aliphatic hydroxyl groups excluding tert-OH is 1. The van der Waals surface area contributed by atoms with E-state index in [0.29, 0.717) is 18.0 Å². The maximum absolute atomic E-state index is 11.3. The molecular weight excluding hydrogens is 244 g/mol. The summed E-state index contributed by atoms with van der Waals surface area (Å²) in [6, 6.07) is 3.76. The molecule has 1 heterocycles. The topological polar surface area (TPSA) is 71.5 Å². The van der Waals surface area contributed by atoms with Gasteiger partial charge in [-0.05, 0) is 24.5 Å². The van der Waals surface area contributed by atoms with Crippen LogP contribution in [0.3, 0.4) is 0 Å². The van der Waals surface area contributed by atoms with Crippen molar-refractivity contribution >= 4 is 5.97 Å². The van der Waals surface area contributed by atoms with E-state index in [-0.39, 0.29) is 18.6 Å². The van der Waals surface area contributed by atoms with E-state index in [9.17, 15) is 4.79 Å². The Kier molecular flexibility index (Phi) is 6.45. The van der Waals surface area contributed by atoms with Crippen molar-refractivity contribution in [3.05, 3.63) is 29.6 Å². The van der Waals surface area contributed by atoms with E-state index >= 15 is 0 Å². The molecule has 0 aliphatic carbocycles. The molecule has 0 aliphatic rings. The van der Waals surface area contributed by atoms with Gasteiger partial charge in [-0.1, -0.05) is 13.8 Å². The zero-order valence-electron chi connectivity index (χ0n) is 11.7. The van der Waals surface area contributed by atoms with Crippen molar-refractivity contribution in [2.45, 2.75) is 32.9 Å². The fourth-order valence-corrected chi connectivity index (χ4v) is 1.81. The highest BCUT2D eigenvalue weighted by Gasteiger charge is 2.12. The molecule has 0 spiro atoms. The molecule has 1 unspecified atom stereocenters. The Balaban J connectivity index is 2.55. The first-order chi connectivity index (χ1) is 9.08. The molecule has 1 atom stereocenters. The molecule has 0 amide bonds. The first kappa shape index (κ1) is 15.6. The van der Waals surface area contributed by atoms with Crippen molar-refractivity contribution in [2.24, 2.45) is 5.92 Å². The van der Waals surface area contributed by atoms with Crippen molar-refractivity contribution in [3.8, 4) is 0 Å². The van der Waals surface area contributed by atoms with Crippen LogP contribution in [0.4, 0.5) is 0 Å². The lowest BCUT2D eigenvalue weighted by atomic mass is 10.0. The highest BCUT2D eigenvalue weighted by molar-refractivity contribution is 5.88. The van der Waals surface area contributed by atoms with Crippen LogP contribution in [0, 0.1) is 5.92 Å². The first-order valence-electron chi connectivity index (χ1n) is 6.46. The first-order valence-corrected chi connectivity index (χ1v) is 6.46. The molecule has 5 heteroatoms. The fraction of sp³-hybridized carbons (Fsp3) is 0.571. The number of ether oxygens (including phenoxy) is 1. The number of carbonyl (C=O) groups excluding carboxylic acids is 1. The molecule has 0 aromatic carbocycles. The van der Waals surface area contributed by atoms with Crippen molar-refractivity contribution < 1.29 is 14.6 Å². The summed E-state index contributed by atoms with van der Waals surface area (Å²) in [5, 5.41) is 12.4. The van der Waals surface area contributed by atoms with Crippen LogP contribution in [-0.4, -0.2) is 35.8 Å². The molecule has 1 rings (SSSR count). The Morgan fingerprint density at radius 1 is 1.47 bits per heavy atom. The van der Waals surface area contributed by atoms with E-state index in [1.165, 1.54) is 13.3 Å². The Bertz CT molecular complexity index is 390. The Morgan fingerprint density at radius 2 is 2.21 bits per heavy atom. The quantitative estimate of drug-likeness (QED) is 0.729. The minimum atomic E-state index is -0.382. The molecule has 5 nitrogen and oxygen atoms in total. The largest absolute Gasteiger partial charge is 0.465 e. The van der Waals surface area contributed by atoms with Crippen molar-refractivity contribution in [1.82, 2.24) is 10.3 Å². The normalized spacial score (nSPS) is 12.5. The molecule has 106 valence electrons. The lowest BCUT2D eigenvalue weighted by molar-refractivity contribution is 0.0600. The fourth-order valence-electron chi connectivity index (χ4n) is 1.81. The molecule has 1 aromatic rings. The number of hydrogen-bond donors (Lipinski definition) is 2. The molecule has 2 N–H and O–H groups in total. The summed E-state index contributed by atoms with van der Waals surface area (Å²) in [5.41, 5.74) is 1.30. The van der Waals surface area contributed by atoms with Gasteiger partial charge in [0.2, 0.25) is 0 Å². The molecule has 0 radical (unpaired) electrons. The van der Waals surface area contributed by atoms with Crippen LogP contribution in [0.25, 0.3) is 0 Å². The predicted molar refractivity (Wildman–Crippen MR) is 72.7 cm³/mol. The number of nitrogens with zero attached hydrogens (tertiary/aromatic N) is 1. The van der Waals surface area contributed by atoms with E-state index in [0.717, 1.165) is 12.1 Å². The van der Waals surface area contributed by atoms with Gasteiger partial charge in [0.15, 0.2) is 0 Å². The van der Waals surface area contributed by atoms with Crippen molar-refractivity contribution in [1.29, 1.82) is 0 Å². The van der Waals surface area contributed by atoms with Gasteiger partial charge in [0.1, 0.15) is 0 Å². The number of esters is 1. The number of hydrogen-bond acceptors (Lipinski definition) is 5. The number of carbonyl (C=O) groups is 1. The van der Waals surface area contributed by atoms with E-state index in [1.807, 2.05) is 0 Å². The third-order valence-corrected chi connectivity index (χ3v) is 3.04. The second-order valence-corrected chi connectivity index (χ2v) is 4.77. The summed E-state index contributed by atoms with van der Waals surface area (Å²) in [5.74, 6) is 0.0637. The van der Waals surface area contributed by atoms with Gasteiger partial charge < -0.3 is 15.2 Å². The summed E-state index contributed by atoms with van der Waals surface area (Å²) in [6.07, 6.45) is 2.23. The minimum Gasteiger partial charge on any atom is -0.465 e. The molecule has 0 saturated heterocycles. The third kappa shape index (κ3) is 4.96. The van der Waals surface area contributed by atoms with Gasteiger partial charge in [-0.3, -0.25) is 4.98 Å². The summed E-state index contributed by atoms with van der Waals surface area (Å²) in [6.45, 7) is 5.01. The Morgan fingerprint density at radius 3 is 2.68 bits per heavy atom. The standard InChI is InChI=1S/C14H22N2O3/c1-10(2)13(6-7-17)16-9-12-5-4-11(8-15-12)14(18)19-3/h4-5,8,10,13,16-17H,6-7,9H2,1-3H3. The maximum Gasteiger partial charge on any atom is 0.339 e. The summed E-state index contributed by atoms with van der Waals surface area (Å²) >= 11 is 0. The molecule has 19 heavy (non-hydrogen) atoms. The number of rotatable bonds is 7. The summed E-state index contributed by atoms with van der Waals surface area (Å²) in [7, 11) is 1.35. The van der Waals surface area contributed by atoms with Gasteiger partial charge in [0, 0.05) is 25.4 Å². The molecule has 0 bridgehead atoms. The second-order valence-electron chi connectivity index (χ2n) is 4.77. The lowest BCUT2D eigenvalue weighted by Gasteiger charge is -2.21. The zero-order chi connectivity index (χ0) is 14.3. The minimum absolute atomic E-state index is 0.171. The van der Waals surface area contributed by atoms with Crippen LogP contribution >= 0.6 is 0 Å². The van der Waals surface area contributed by atoms with E-state index < -0.39 is 0 Å². The third-order valence-electron chi connectivity index (χ3n) is 3.04. The van der Waals surface area contributed by atoms with E-state index in [4.69, 9.17) is 5.11 Å². The smallest absolute Gasteiger partial charge is 0.339 e. The molecule has 0 aliphatic heterocycles. The van der Waals surface area contributed by atoms with Crippen LogP contribution in [0.1, 0.15) is 36.3 Å². The number of pyridine rings is 1. The van der Waals surface area contributed by atoms with Gasteiger partial charge in [-0.15, -0.1) is 0 Å². The summed E-state index contributed by atoms with van der Waals surface area (Å²) < 4.78 is 4.62. The molecule has 0 fully saturated rings. The second kappa shape index (κ2) is 7.86. The van der Waals surface area contributed by atoms with Gasteiger partial charge >= 0.3 is 5.97 Å². The van der Waals surface area contributed by atoms with Gasteiger partial charge in [0.05, 0.1) is 18.4 Å². The predicted octanol–water partition coefficient (Wildman–Crippen LogP) is 1.36. The molecule has 0 saturated carbocycles. The van der Waals surface area contributed by atoms with Crippen molar-refractivity contribution in [2.75, 3.05) is 13.7 Å². The van der Waals surface area contributed by atoms with Gasteiger partial charge in [-0.25, -0.2) is 4.79 Å². The van der Waals surface area contributed by atoms with Gasteiger partial charge in [-0.2, -0.15) is 0 Å². The van der Waals surface area contributed by atoms with Crippen LogP contribution in [-0.2, 0) is 11.3 Å². The zero-order valence-corrected chi connectivity index (χ0v) is 11.7. The highest BCUT2D eigenvalue weighted by Crippen LogP contribution is 2.07. The number of nitrogens with one attached hydrogen (secondary N) is 1. The van der Waals surface area contributed by atoms with Gasteiger partial charge in [0.25, 0.3) is 0 Å². The molecule has 1 aromatic heterocycles. The number of aromatic nitrogens is 1. The van der Waals surface area contributed by atoms with Crippen molar-refractivity contribution in [3.63, 3.8) is 0 Å². The number of methoxy groups -OCH3 is 1. The van der Waals surface area contributed by atoms with Crippen LogP contribution in [0.2, 0.25) is 0 Å². The van der Waals surface area contributed by atoms with Crippen LogP contribution in [0.15, 0.2) is 18.3 Å². The monoisotopic (exact) mass is 266 g/mol. The average Bonchev–Trinajstić information content (AvgIpc) is 2.42. The summed E-state index contributed by atoms with van der Waals surface area (Å²) in [4.78, 5) is 15.5. The maximum atomic E-state index is 11.3. The number of aliphatic hydroxyl groups is 1. The van der Waals surface area contributed by atoms with Crippen LogP contribution < -0.4 is 5.32 Å². The SMILES string of the molecule is COC(=O)c1ccc(CNC(CCO)C(C)C)nc1. The highest BCUT2D eigenvalue weighted by atomic mass is 16.5. The Hall–Kier alpha value is -1.46. The average molecular weight is 266 g/mol. The Labute approximate surface area is 114 Å². The lowest BCUT2D eigenvalue weighted by Crippen LogP contribution is -2.34.